The predicted octanol–water partition coefficient (Wildman–Crippen LogP) is 8.23. The zero-order chi connectivity index (χ0) is 27.3. The van der Waals surface area contributed by atoms with E-state index in [2.05, 4.69) is 13.8 Å². The Kier molecular flexibility index (Phi) is 18.8. The fraction of sp³-hybridized carbons (Fsp3) is 0.938. The first-order chi connectivity index (χ1) is 18.6. The highest BCUT2D eigenvalue weighted by molar-refractivity contribution is 5.70. The van der Waals surface area contributed by atoms with Gasteiger partial charge in [0.2, 0.25) is 0 Å². The van der Waals surface area contributed by atoms with Crippen molar-refractivity contribution in [2.45, 2.75) is 180 Å². The van der Waals surface area contributed by atoms with Crippen molar-refractivity contribution in [3.63, 3.8) is 0 Å². The van der Waals surface area contributed by atoms with E-state index < -0.39 is 0 Å². The molecule has 0 bridgehead atoms. The summed E-state index contributed by atoms with van der Waals surface area (Å²) in [6.45, 7) is 4.78. The van der Waals surface area contributed by atoms with Crippen molar-refractivity contribution in [2.24, 2.45) is 0 Å². The maximum Gasteiger partial charge on any atom is 0.305 e. The minimum absolute atomic E-state index is 0.137. The lowest BCUT2D eigenvalue weighted by Gasteiger charge is -2.06. The largest absolute Gasteiger partial charge is 0.462 e. The van der Waals surface area contributed by atoms with Crippen molar-refractivity contribution in [3.05, 3.63) is 0 Å². The smallest absolute Gasteiger partial charge is 0.305 e. The Bertz CT molecular complexity index is 557. The van der Waals surface area contributed by atoms with E-state index in [0.717, 1.165) is 38.5 Å². The average molecular weight is 539 g/mol. The Balaban J connectivity index is 1.30. The van der Waals surface area contributed by atoms with E-state index in [-0.39, 0.29) is 25.2 Å². The van der Waals surface area contributed by atoms with Gasteiger partial charge in [0.25, 0.3) is 0 Å². The molecule has 0 radical (unpaired) electrons. The summed E-state index contributed by atoms with van der Waals surface area (Å²) in [7, 11) is 0. The van der Waals surface area contributed by atoms with E-state index in [1.54, 1.807) is 0 Å². The molecule has 0 aromatic rings. The Labute approximate surface area is 233 Å². The minimum atomic E-state index is -0.219. The zero-order valence-electron chi connectivity index (χ0n) is 24.7. The molecule has 0 aliphatic carbocycles. The summed E-state index contributed by atoms with van der Waals surface area (Å²) in [6.07, 6.45) is 26.6. The van der Waals surface area contributed by atoms with Gasteiger partial charge >= 0.3 is 11.9 Å². The number of carbonyl (C=O) groups is 2. The van der Waals surface area contributed by atoms with Crippen LogP contribution in [-0.4, -0.2) is 49.6 Å². The van der Waals surface area contributed by atoms with Crippen LogP contribution < -0.4 is 0 Å². The van der Waals surface area contributed by atoms with Gasteiger partial charge < -0.3 is 18.9 Å². The standard InChI is InChI=1S/C32H58O6/c1-3-5-7-9-11-13-15-19-27-29(37-27)21-17-23-31(33)35-25-26-36-32(34)24-18-22-30-28(38-30)20-16-14-12-10-8-6-4-2/h27-30H,3-26H2,1-2H3. The molecule has 0 aromatic carbocycles. The van der Waals surface area contributed by atoms with Crippen molar-refractivity contribution in [1.29, 1.82) is 0 Å². The molecule has 4 unspecified atom stereocenters. The number of unbranched alkanes of at least 4 members (excludes halogenated alkanes) is 12. The summed E-state index contributed by atoms with van der Waals surface area (Å²) in [5.74, 6) is -0.438. The lowest BCUT2D eigenvalue weighted by atomic mass is 10.0. The molecular weight excluding hydrogens is 480 g/mol. The van der Waals surface area contributed by atoms with Crippen LogP contribution in [0.25, 0.3) is 0 Å². The molecule has 0 saturated carbocycles. The first-order valence-electron chi connectivity index (χ1n) is 16.3. The quantitative estimate of drug-likeness (QED) is 0.0595. The highest BCUT2D eigenvalue weighted by Crippen LogP contribution is 2.32. The molecule has 4 atom stereocenters. The summed E-state index contributed by atoms with van der Waals surface area (Å²) >= 11 is 0. The Morgan fingerprint density at radius 1 is 0.474 bits per heavy atom. The molecular formula is C32H58O6. The van der Waals surface area contributed by atoms with E-state index in [1.165, 1.54) is 89.9 Å². The van der Waals surface area contributed by atoms with E-state index in [0.29, 0.717) is 37.3 Å². The third-order valence-electron chi connectivity index (χ3n) is 7.91. The lowest BCUT2D eigenvalue weighted by Crippen LogP contribution is -2.14. The van der Waals surface area contributed by atoms with Crippen LogP contribution in [0.5, 0.6) is 0 Å². The highest BCUT2D eigenvalue weighted by Gasteiger charge is 2.37. The van der Waals surface area contributed by atoms with Gasteiger partial charge in [-0.3, -0.25) is 9.59 Å². The van der Waals surface area contributed by atoms with Crippen LogP contribution in [0.3, 0.4) is 0 Å². The fourth-order valence-electron chi connectivity index (χ4n) is 5.33. The molecule has 2 fully saturated rings. The third kappa shape index (κ3) is 17.4. The summed E-state index contributed by atoms with van der Waals surface area (Å²) in [6, 6.07) is 0. The normalized spacial score (nSPS) is 21.8. The summed E-state index contributed by atoms with van der Waals surface area (Å²) in [4.78, 5) is 23.8. The average Bonchev–Trinajstić information content (AvgIpc) is 3.83. The molecule has 2 aliphatic heterocycles. The van der Waals surface area contributed by atoms with Gasteiger partial charge in [-0.1, -0.05) is 104 Å². The number of epoxide rings is 2. The van der Waals surface area contributed by atoms with E-state index >= 15 is 0 Å². The number of esters is 2. The first kappa shape index (κ1) is 33.1. The maximum atomic E-state index is 11.9. The molecule has 2 aliphatic rings. The van der Waals surface area contributed by atoms with Crippen LogP contribution >= 0.6 is 0 Å². The Morgan fingerprint density at radius 3 is 1.16 bits per heavy atom. The van der Waals surface area contributed by atoms with Crippen LogP contribution in [0.2, 0.25) is 0 Å². The predicted molar refractivity (Wildman–Crippen MR) is 152 cm³/mol. The van der Waals surface area contributed by atoms with Crippen LogP contribution in [0.15, 0.2) is 0 Å². The van der Waals surface area contributed by atoms with Crippen molar-refractivity contribution in [2.75, 3.05) is 13.2 Å². The molecule has 0 amide bonds. The zero-order valence-corrected chi connectivity index (χ0v) is 24.7. The molecule has 2 heterocycles. The summed E-state index contributed by atoms with van der Waals surface area (Å²) < 4.78 is 21.9. The number of hydrogen-bond acceptors (Lipinski definition) is 6. The monoisotopic (exact) mass is 538 g/mol. The Morgan fingerprint density at radius 2 is 0.789 bits per heavy atom. The topological polar surface area (TPSA) is 77.7 Å². The van der Waals surface area contributed by atoms with Crippen LogP contribution in [-0.2, 0) is 28.5 Å². The fourth-order valence-corrected chi connectivity index (χ4v) is 5.33. The lowest BCUT2D eigenvalue weighted by molar-refractivity contribution is -0.152. The highest BCUT2D eigenvalue weighted by atomic mass is 16.6. The van der Waals surface area contributed by atoms with E-state index in [4.69, 9.17) is 18.9 Å². The van der Waals surface area contributed by atoms with Gasteiger partial charge in [-0.15, -0.1) is 0 Å². The third-order valence-corrected chi connectivity index (χ3v) is 7.91. The van der Waals surface area contributed by atoms with Gasteiger partial charge in [-0.2, -0.15) is 0 Å². The van der Waals surface area contributed by atoms with Crippen molar-refractivity contribution >= 4 is 11.9 Å². The van der Waals surface area contributed by atoms with Gasteiger partial charge in [0, 0.05) is 12.8 Å². The van der Waals surface area contributed by atoms with Gasteiger partial charge in [0.05, 0.1) is 24.4 Å². The van der Waals surface area contributed by atoms with Gasteiger partial charge in [0.1, 0.15) is 13.2 Å². The molecule has 0 N–H and O–H groups in total. The molecule has 2 rings (SSSR count). The second-order valence-electron chi connectivity index (χ2n) is 11.5. The Hall–Kier alpha value is -1.14. The van der Waals surface area contributed by atoms with Crippen LogP contribution in [0.1, 0.15) is 155 Å². The second kappa shape index (κ2) is 21.7. The SMILES string of the molecule is CCCCCCCCCC1OC1CCCC(=O)OCCOC(=O)CCCC1OC1CCCCCCCCC. The molecule has 2 saturated heterocycles. The first-order valence-corrected chi connectivity index (χ1v) is 16.3. The molecule has 6 nitrogen and oxygen atoms in total. The van der Waals surface area contributed by atoms with E-state index in [9.17, 15) is 9.59 Å². The van der Waals surface area contributed by atoms with Gasteiger partial charge in [-0.05, 0) is 38.5 Å². The van der Waals surface area contributed by atoms with Crippen molar-refractivity contribution in [3.8, 4) is 0 Å². The van der Waals surface area contributed by atoms with Gasteiger partial charge in [0.15, 0.2) is 0 Å². The van der Waals surface area contributed by atoms with Crippen molar-refractivity contribution in [1.82, 2.24) is 0 Å². The van der Waals surface area contributed by atoms with Crippen LogP contribution in [0.4, 0.5) is 0 Å². The summed E-state index contributed by atoms with van der Waals surface area (Å²) in [5, 5.41) is 0. The number of ether oxygens (including phenoxy) is 4. The molecule has 6 heteroatoms. The second-order valence-corrected chi connectivity index (χ2v) is 11.5. The van der Waals surface area contributed by atoms with Crippen molar-refractivity contribution < 1.29 is 28.5 Å². The minimum Gasteiger partial charge on any atom is -0.462 e. The maximum absolute atomic E-state index is 11.9. The number of hydrogen-bond donors (Lipinski definition) is 0. The van der Waals surface area contributed by atoms with Crippen LogP contribution in [0, 0.1) is 0 Å². The number of carbonyl (C=O) groups excluding carboxylic acids is 2. The van der Waals surface area contributed by atoms with E-state index in [1.807, 2.05) is 0 Å². The van der Waals surface area contributed by atoms with Gasteiger partial charge in [-0.25, -0.2) is 0 Å². The molecule has 0 aromatic heterocycles. The number of rotatable bonds is 27. The summed E-state index contributed by atoms with van der Waals surface area (Å²) in [5.41, 5.74) is 0. The molecule has 38 heavy (non-hydrogen) atoms. The molecule has 0 spiro atoms. The molecule has 222 valence electrons.